The average molecular weight is 311 g/mol. The minimum atomic E-state index is -3.05. The maximum Gasteiger partial charge on any atom is 0.156 e. The highest BCUT2D eigenvalue weighted by Crippen LogP contribution is 2.17. The standard InChI is InChI=1S/C17H29NO2S/c1-16(2,3)21(19,20)14-13-18-17(4,5)12-11-15-9-7-6-8-10-15/h6-10,18H,11-14H2,1-5H3. The fourth-order valence-corrected chi connectivity index (χ4v) is 3.00. The van der Waals surface area contributed by atoms with Gasteiger partial charge in [-0.25, -0.2) is 8.42 Å². The molecule has 0 bridgehead atoms. The number of aryl methyl sites for hydroxylation is 1. The van der Waals surface area contributed by atoms with Gasteiger partial charge in [-0.1, -0.05) is 30.3 Å². The lowest BCUT2D eigenvalue weighted by Crippen LogP contribution is -2.44. The summed E-state index contributed by atoms with van der Waals surface area (Å²) < 4.78 is 23.5. The van der Waals surface area contributed by atoms with E-state index in [0.717, 1.165) is 12.8 Å². The van der Waals surface area contributed by atoms with E-state index in [9.17, 15) is 8.42 Å². The Morgan fingerprint density at radius 2 is 1.57 bits per heavy atom. The molecule has 1 rings (SSSR count). The maximum absolute atomic E-state index is 12.1. The highest BCUT2D eigenvalue weighted by Gasteiger charge is 2.29. The lowest BCUT2D eigenvalue weighted by atomic mass is 9.95. The average Bonchev–Trinajstić information content (AvgIpc) is 2.36. The van der Waals surface area contributed by atoms with Crippen molar-refractivity contribution in [2.24, 2.45) is 0 Å². The Labute approximate surface area is 130 Å². The topological polar surface area (TPSA) is 46.2 Å². The van der Waals surface area contributed by atoms with Crippen molar-refractivity contribution in [3.8, 4) is 0 Å². The molecule has 21 heavy (non-hydrogen) atoms. The summed E-state index contributed by atoms with van der Waals surface area (Å²) >= 11 is 0. The highest BCUT2D eigenvalue weighted by atomic mass is 32.2. The Hall–Kier alpha value is -0.870. The molecule has 0 amide bonds. The third-order valence-electron chi connectivity index (χ3n) is 3.79. The maximum atomic E-state index is 12.1. The predicted octanol–water partition coefficient (Wildman–Crippen LogP) is 3.20. The first-order valence-electron chi connectivity index (χ1n) is 7.55. The lowest BCUT2D eigenvalue weighted by Gasteiger charge is -2.27. The van der Waals surface area contributed by atoms with Gasteiger partial charge in [-0.3, -0.25) is 0 Å². The van der Waals surface area contributed by atoms with Gasteiger partial charge in [0.1, 0.15) is 0 Å². The molecule has 0 atom stereocenters. The summed E-state index contributed by atoms with van der Waals surface area (Å²) in [5, 5.41) is 3.38. The summed E-state index contributed by atoms with van der Waals surface area (Å²) in [5.41, 5.74) is 1.25. The van der Waals surface area contributed by atoms with E-state index in [1.807, 2.05) is 18.2 Å². The second-order valence-corrected chi connectivity index (χ2v) is 10.1. The van der Waals surface area contributed by atoms with Crippen LogP contribution in [0.5, 0.6) is 0 Å². The van der Waals surface area contributed by atoms with Crippen LogP contribution in [0, 0.1) is 0 Å². The summed E-state index contributed by atoms with van der Waals surface area (Å²) in [6, 6.07) is 10.4. The van der Waals surface area contributed by atoms with Crippen molar-refractivity contribution >= 4 is 9.84 Å². The van der Waals surface area contributed by atoms with Crippen LogP contribution in [0.25, 0.3) is 0 Å². The molecule has 4 heteroatoms. The van der Waals surface area contributed by atoms with Gasteiger partial charge in [0.25, 0.3) is 0 Å². The normalized spacial score (nSPS) is 13.4. The van der Waals surface area contributed by atoms with E-state index >= 15 is 0 Å². The van der Waals surface area contributed by atoms with Crippen LogP contribution in [-0.4, -0.2) is 31.0 Å². The molecule has 3 nitrogen and oxygen atoms in total. The molecule has 0 radical (unpaired) electrons. The lowest BCUT2D eigenvalue weighted by molar-refractivity contribution is 0.371. The van der Waals surface area contributed by atoms with Crippen molar-refractivity contribution in [1.29, 1.82) is 0 Å². The zero-order valence-electron chi connectivity index (χ0n) is 13.9. The summed E-state index contributed by atoms with van der Waals surface area (Å²) in [7, 11) is -3.05. The molecule has 0 aliphatic carbocycles. The zero-order chi connectivity index (χ0) is 16.1. The number of nitrogens with one attached hydrogen (secondary N) is 1. The van der Waals surface area contributed by atoms with Crippen LogP contribution in [0.4, 0.5) is 0 Å². The molecular weight excluding hydrogens is 282 g/mol. The van der Waals surface area contributed by atoms with Gasteiger partial charge in [0.05, 0.1) is 10.5 Å². The van der Waals surface area contributed by atoms with E-state index in [1.54, 1.807) is 20.8 Å². The Morgan fingerprint density at radius 3 is 2.10 bits per heavy atom. The Balaban J connectivity index is 2.43. The van der Waals surface area contributed by atoms with Gasteiger partial charge in [-0.05, 0) is 53.0 Å². The van der Waals surface area contributed by atoms with E-state index in [-0.39, 0.29) is 11.3 Å². The molecule has 0 aromatic heterocycles. The SMILES string of the molecule is CC(C)(CCc1ccccc1)NCCS(=O)(=O)C(C)(C)C. The molecular formula is C17H29NO2S. The number of sulfone groups is 1. The van der Waals surface area contributed by atoms with Crippen LogP contribution < -0.4 is 5.32 Å². The molecule has 120 valence electrons. The van der Waals surface area contributed by atoms with Crippen LogP contribution >= 0.6 is 0 Å². The summed E-state index contributed by atoms with van der Waals surface area (Å²) in [4.78, 5) is 0. The quantitative estimate of drug-likeness (QED) is 0.841. The second kappa shape index (κ2) is 6.93. The van der Waals surface area contributed by atoms with Crippen LogP contribution in [-0.2, 0) is 16.3 Å². The van der Waals surface area contributed by atoms with Crippen LogP contribution in [0.2, 0.25) is 0 Å². The largest absolute Gasteiger partial charge is 0.311 e. The molecule has 0 saturated carbocycles. The van der Waals surface area contributed by atoms with Crippen molar-refractivity contribution in [1.82, 2.24) is 5.32 Å². The molecule has 0 aliphatic heterocycles. The fourth-order valence-electron chi connectivity index (χ4n) is 2.02. The molecule has 0 saturated heterocycles. The first-order valence-corrected chi connectivity index (χ1v) is 9.20. The minimum absolute atomic E-state index is 0.0662. The van der Waals surface area contributed by atoms with Crippen molar-refractivity contribution in [3.05, 3.63) is 35.9 Å². The molecule has 0 spiro atoms. The monoisotopic (exact) mass is 311 g/mol. The first-order chi connectivity index (χ1) is 9.54. The van der Waals surface area contributed by atoms with E-state index < -0.39 is 14.6 Å². The smallest absolute Gasteiger partial charge is 0.156 e. The number of benzene rings is 1. The van der Waals surface area contributed by atoms with Gasteiger partial charge in [-0.15, -0.1) is 0 Å². The Morgan fingerprint density at radius 1 is 1.00 bits per heavy atom. The van der Waals surface area contributed by atoms with Crippen LogP contribution in [0.3, 0.4) is 0 Å². The van der Waals surface area contributed by atoms with Crippen molar-refractivity contribution in [3.63, 3.8) is 0 Å². The van der Waals surface area contributed by atoms with E-state index in [4.69, 9.17) is 0 Å². The van der Waals surface area contributed by atoms with Crippen LogP contribution in [0.15, 0.2) is 30.3 Å². The van der Waals surface area contributed by atoms with Gasteiger partial charge in [0.2, 0.25) is 0 Å². The Bertz CT molecular complexity index is 528. The predicted molar refractivity (Wildman–Crippen MR) is 90.4 cm³/mol. The van der Waals surface area contributed by atoms with Gasteiger partial charge >= 0.3 is 0 Å². The molecule has 0 fully saturated rings. The third-order valence-corrected chi connectivity index (χ3v) is 6.40. The molecule has 1 aromatic carbocycles. The third kappa shape index (κ3) is 6.18. The van der Waals surface area contributed by atoms with E-state index in [2.05, 4.69) is 31.3 Å². The van der Waals surface area contributed by atoms with E-state index in [1.165, 1.54) is 5.56 Å². The number of rotatable bonds is 7. The minimum Gasteiger partial charge on any atom is -0.311 e. The first kappa shape index (κ1) is 18.2. The molecule has 0 heterocycles. The van der Waals surface area contributed by atoms with E-state index in [0.29, 0.717) is 6.54 Å². The number of hydrogen-bond acceptors (Lipinski definition) is 3. The van der Waals surface area contributed by atoms with Gasteiger partial charge < -0.3 is 5.32 Å². The molecule has 1 N–H and O–H groups in total. The summed E-state index contributed by atoms with van der Waals surface area (Å²) in [6.45, 7) is 10.0. The van der Waals surface area contributed by atoms with Gasteiger partial charge in [-0.2, -0.15) is 0 Å². The second-order valence-electron chi connectivity index (χ2n) is 7.23. The fraction of sp³-hybridized carbons (Fsp3) is 0.647. The van der Waals surface area contributed by atoms with Gasteiger partial charge in [0.15, 0.2) is 9.84 Å². The number of hydrogen-bond donors (Lipinski definition) is 1. The van der Waals surface area contributed by atoms with Crippen molar-refractivity contribution < 1.29 is 8.42 Å². The zero-order valence-corrected chi connectivity index (χ0v) is 14.8. The summed E-state index contributed by atoms with van der Waals surface area (Å²) in [6.07, 6.45) is 1.97. The highest BCUT2D eigenvalue weighted by molar-refractivity contribution is 7.92. The van der Waals surface area contributed by atoms with Crippen LogP contribution in [0.1, 0.15) is 46.6 Å². The van der Waals surface area contributed by atoms with Crippen molar-refractivity contribution in [2.45, 2.75) is 57.7 Å². The molecule has 0 unspecified atom stereocenters. The van der Waals surface area contributed by atoms with Gasteiger partial charge in [0, 0.05) is 12.1 Å². The molecule has 0 aliphatic rings. The Kier molecular flexibility index (Phi) is 6.00. The van der Waals surface area contributed by atoms with Crippen molar-refractivity contribution in [2.75, 3.05) is 12.3 Å². The molecule has 1 aromatic rings. The summed E-state index contributed by atoms with van der Waals surface area (Å²) in [5.74, 6) is 0.186.